The van der Waals surface area contributed by atoms with Crippen molar-refractivity contribution in [2.24, 2.45) is 0 Å². The van der Waals surface area contributed by atoms with Crippen LogP contribution in [0.5, 0.6) is 0 Å². The van der Waals surface area contributed by atoms with Gasteiger partial charge in [0.05, 0.1) is 18.1 Å². The summed E-state index contributed by atoms with van der Waals surface area (Å²) in [6.07, 6.45) is 2.86. The number of carbonyl (C=O) groups excluding carboxylic acids is 1. The van der Waals surface area contributed by atoms with Crippen molar-refractivity contribution >= 4 is 27.0 Å². The van der Waals surface area contributed by atoms with E-state index in [9.17, 15) is 13.2 Å². The molecule has 2 fully saturated rings. The number of nitrogens with zero attached hydrogens (tertiary/aromatic N) is 2. The number of thiophene rings is 1. The van der Waals surface area contributed by atoms with E-state index in [-0.39, 0.29) is 23.3 Å². The monoisotopic (exact) mass is 406 g/mol. The first-order valence-corrected chi connectivity index (χ1v) is 12.3. The number of hydrogen-bond acceptors (Lipinski definition) is 5. The Morgan fingerprint density at radius 1 is 1.30 bits per heavy atom. The van der Waals surface area contributed by atoms with Gasteiger partial charge in [-0.1, -0.05) is 6.07 Å². The summed E-state index contributed by atoms with van der Waals surface area (Å²) < 4.78 is 25.8. The molecule has 0 radical (unpaired) electrons. The van der Waals surface area contributed by atoms with E-state index in [1.165, 1.54) is 4.88 Å². The molecule has 0 spiro atoms. The van der Waals surface area contributed by atoms with Crippen molar-refractivity contribution in [3.8, 4) is 0 Å². The Labute approximate surface area is 164 Å². The summed E-state index contributed by atoms with van der Waals surface area (Å²) in [5.74, 6) is 0.566. The molecule has 2 atom stereocenters. The van der Waals surface area contributed by atoms with Crippen LogP contribution < -0.4 is 0 Å². The highest BCUT2D eigenvalue weighted by Gasteiger charge is 2.33. The lowest BCUT2D eigenvalue weighted by Crippen LogP contribution is -2.29. The van der Waals surface area contributed by atoms with Crippen molar-refractivity contribution < 1.29 is 13.2 Å². The van der Waals surface area contributed by atoms with Crippen LogP contribution in [0.25, 0.3) is 0 Å². The SMILES string of the molecule is Cc1cc(C(=O)CN2CCCC2c2cccs2)c(C)n1C1CCS(=O)(=O)C1. The summed E-state index contributed by atoms with van der Waals surface area (Å²) >= 11 is 1.76. The minimum absolute atomic E-state index is 0.0396. The van der Waals surface area contributed by atoms with Crippen LogP contribution in [0.1, 0.15) is 58.0 Å². The van der Waals surface area contributed by atoms with Crippen LogP contribution in [0.2, 0.25) is 0 Å². The van der Waals surface area contributed by atoms with Gasteiger partial charge in [0.25, 0.3) is 0 Å². The molecule has 0 aliphatic carbocycles. The molecule has 27 heavy (non-hydrogen) atoms. The molecule has 5 nitrogen and oxygen atoms in total. The Morgan fingerprint density at radius 3 is 2.78 bits per heavy atom. The molecule has 4 heterocycles. The maximum Gasteiger partial charge on any atom is 0.178 e. The number of carbonyl (C=O) groups is 1. The maximum atomic E-state index is 13.1. The molecule has 2 aliphatic heterocycles. The Kier molecular flexibility index (Phi) is 5.03. The summed E-state index contributed by atoms with van der Waals surface area (Å²) in [7, 11) is -2.95. The van der Waals surface area contributed by atoms with E-state index in [2.05, 4.69) is 27.0 Å². The molecule has 0 aromatic carbocycles. The first kappa shape index (κ1) is 18.9. The highest BCUT2D eigenvalue weighted by atomic mass is 32.2. The fraction of sp³-hybridized carbons (Fsp3) is 0.550. The van der Waals surface area contributed by atoms with Crippen molar-refractivity contribution in [3.63, 3.8) is 0 Å². The lowest BCUT2D eigenvalue weighted by molar-refractivity contribution is 0.0922. The second-order valence-electron chi connectivity index (χ2n) is 7.78. The second-order valence-corrected chi connectivity index (χ2v) is 11.0. The molecule has 4 rings (SSSR count). The van der Waals surface area contributed by atoms with E-state index in [4.69, 9.17) is 0 Å². The molecule has 2 saturated heterocycles. The van der Waals surface area contributed by atoms with Gasteiger partial charge in [-0.25, -0.2) is 8.42 Å². The van der Waals surface area contributed by atoms with Crippen LogP contribution in [-0.2, 0) is 9.84 Å². The molecule has 2 aromatic heterocycles. The van der Waals surface area contributed by atoms with E-state index < -0.39 is 9.84 Å². The molecule has 2 unspecified atom stereocenters. The second kappa shape index (κ2) is 7.18. The van der Waals surface area contributed by atoms with Crippen LogP contribution in [0.15, 0.2) is 23.6 Å². The van der Waals surface area contributed by atoms with Crippen LogP contribution in [0.4, 0.5) is 0 Å². The molecule has 0 bridgehead atoms. The van der Waals surface area contributed by atoms with Crippen molar-refractivity contribution in [3.05, 3.63) is 45.4 Å². The van der Waals surface area contributed by atoms with Gasteiger partial charge in [0.1, 0.15) is 0 Å². The quantitative estimate of drug-likeness (QED) is 0.713. The van der Waals surface area contributed by atoms with Crippen LogP contribution >= 0.6 is 11.3 Å². The van der Waals surface area contributed by atoms with E-state index in [0.717, 1.165) is 36.3 Å². The van der Waals surface area contributed by atoms with Crippen molar-refractivity contribution in [2.75, 3.05) is 24.6 Å². The third-order valence-corrected chi connectivity index (χ3v) is 8.66. The molecule has 146 valence electrons. The molecule has 2 aliphatic rings. The van der Waals surface area contributed by atoms with Gasteiger partial charge < -0.3 is 4.57 Å². The van der Waals surface area contributed by atoms with E-state index in [1.807, 2.05) is 19.9 Å². The van der Waals surface area contributed by atoms with Gasteiger partial charge in [0.2, 0.25) is 0 Å². The predicted octanol–water partition coefficient (Wildman–Crippen LogP) is 3.55. The molecule has 0 saturated carbocycles. The van der Waals surface area contributed by atoms with Crippen LogP contribution in [-0.4, -0.2) is 48.3 Å². The van der Waals surface area contributed by atoms with Gasteiger partial charge in [0, 0.05) is 33.9 Å². The number of rotatable bonds is 5. The fourth-order valence-corrected chi connectivity index (χ4v) is 7.28. The Morgan fingerprint density at radius 2 is 2.11 bits per heavy atom. The van der Waals surface area contributed by atoms with E-state index >= 15 is 0 Å². The summed E-state index contributed by atoms with van der Waals surface area (Å²) in [6.45, 7) is 5.30. The highest BCUT2D eigenvalue weighted by molar-refractivity contribution is 7.91. The van der Waals surface area contributed by atoms with Crippen molar-refractivity contribution in [1.29, 1.82) is 0 Å². The minimum Gasteiger partial charge on any atom is -0.344 e. The van der Waals surface area contributed by atoms with Gasteiger partial charge in [-0.3, -0.25) is 9.69 Å². The standard InChI is InChI=1S/C20H26N2O3S2/c1-14-11-17(15(2)22(14)16-7-10-27(24,25)13-16)19(23)12-21-8-3-5-18(21)20-6-4-9-26-20/h4,6,9,11,16,18H,3,5,7-8,10,12-13H2,1-2H3. The lowest BCUT2D eigenvalue weighted by Gasteiger charge is -2.23. The summed E-state index contributed by atoms with van der Waals surface area (Å²) in [5, 5.41) is 2.09. The lowest BCUT2D eigenvalue weighted by atomic mass is 10.1. The molecule has 0 N–H and O–H groups in total. The zero-order valence-corrected chi connectivity index (χ0v) is 17.5. The van der Waals surface area contributed by atoms with Gasteiger partial charge in [-0.15, -0.1) is 11.3 Å². The molecular formula is C20H26N2O3S2. The first-order valence-electron chi connectivity index (χ1n) is 9.55. The Bertz CT molecular complexity index is 944. The van der Waals surface area contributed by atoms with Gasteiger partial charge in [-0.2, -0.15) is 0 Å². The Hall–Kier alpha value is -1.44. The number of aryl methyl sites for hydroxylation is 1. The largest absolute Gasteiger partial charge is 0.344 e. The zero-order chi connectivity index (χ0) is 19.2. The van der Waals surface area contributed by atoms with E-state index in [0.29, 0.717) is 19.0 Å². The van der Waals surface area contributed by atoms with Gasteiger partial charge in [-0.05, 0) is 57.2 Å². The highest BCUT2D eigenvalue weighted by Crippen LogP contribution is 2.35. The zero-order valence-electron chi connectivity index (χ0n) is 15.8. The summed E-state index contributed by atoms with van der Waals surface area (Å²) in [5.41, 5.74) is 2.63. The van der Waals surface area contributed by atoms with E-state index in [1.54, 1.807) is 11.3 Å². The third kappa shape index (κ3) is 3.65. The maximum absolute atomic E-state index is 13.1. The first-order chi connectivity index (χ1) is 12.9. The van der Waals surface area contributed by atoms with Crippen molar-refractivity contribution in [2.45, 2.75) is 45.2 Å². The number of hydrogen-bond donors (Lipinski definition) is 0. The minimum atomic E-state index is -2.95. The van der Waals surface area contributed by atoms with Crippen LogP contribution in [0.3, 0.4) is 0 Å². The molecule has 2 aromatic rings. The topological polar surface area (TPSA) is 59.4 Å². The molecule has 7 heteroatoms. The smallest absolute Gasteiger partial charge is 0.178 e. The third-order valence-electron chi connectivity index (χ3n) is 5.94. The molecule has 0 amide bonds. The fourth-order valence-electron chi connectivity index (χ4n) is 4.69. The predicted molar refractivity (Wildman–Crippen MR) is 108 cm³/mol. The Balaban J connectivity index is 1.54. The average Bonchev–Trinajstić information content (AvgIpc) is 3.35. The van der Waals surface area contributed by atoms with Crippen molar-refractivity contribution in [1.82, 2.24) is 9.47 Å². The molecular weight excluding hydrogens is 380 g/mol. The average molecular weight is 407 g/mol. The number of sulfone groups is 1. The normalized spacial score (nSPS) is 25.3. The number of aromatic nitrogens is 1. The van der Waals surface area contributed by atoms with Crippen LogP contribution in [0, 0.1) is 13.8 Å². The number of ketones is 1. The van der Waals surface area contributed by atoms with Gasteiger partial charge in [0.15, 0.2) is 15.6 Å². The summed E-state index contributed by atoms with van der Waals surface area (Å²) in [6, 6.07) is 6.48. The summed E-state index contributed by atoms with van der Waals surface area (Å²) in [4.78, 5) is 16.7. The number of Topliss-reactive ketones (excluding diaryl/α,β-unsaturated/α-hetero) is 1. The van der Waals surface area contributed by atoms with Gasteiger partial charge >= 0.3 is 0 Å². The number of likely N-dealkylation sites (tertiary alicyclic amines) is 1.